The first-order valence-corrected chi connectivity index (χ1v) is 12.7. The Hall–Kier alpha value is -2.13. The number of esters is 1. The maximum absolute atomic E-state index is 12.5. The molecular weight excluding hydrogens is 396 g/mol. The monoisotopic (exact) mass is 438 g/mol. The van der Waals surface area contributed by atoms with Gasteiger partial charge in [0, 0.05) is 6.61 Å². The van der Waals surface area contributed by atoms with Gasteiger partial charge in [-0.25, -0.2) is 4.79 Å². The summed E-state index contributed by atoms with van der Waals surface area (Å²) in [4.78, 5) is 12.5. The summed E-state index contributed by atoms with van der Waals surface area (Å²) in [7, 11) is 0. The number of rotatable bonds is 16. The normalized spacial score (nSPS) is 12.0. The van der Waals surface area contributed by atoms with Gasteiger partial charge in [-0.1, -0.05) is 89.5 Å². The van der Waals surface area contributed by atoms with E-state index >= 15 is 0 Å². The lowest BCUT2D eigenvalue weighted by atomic mass is 10.1. The Morgan fingerprint density at radius 1 is 0.750 bits per heavy atom. The second-order valence-corrected chi connectivity index (χ2v) is 8.75. The SMILES string of the molecule is CCCCCCCCCCOC(C)c1ccc(C(=O)Oc2ccc(CCCC)cc2)cc1. The Morgan fingerprint density at radius 2 is 1.34 bits per heavy atom. The molecule has 0 fully saturated rings. The van der Waals surface area contributed by atoms with Crippen LogP contribution in [0.5, 0.6) is 5.75 Å². The summed E-state index contributed by atoms with van der Waals surface area (Å²) in [5.74, 6) is 0.256. The molecule has 3 heteroatoms. The summed E-state index contributed by atoms with van der Waals surface area (Å²) < 4.78 is 11.5. The summed E-state index contributed by atoms with van der Waals surface area (Å²) in [6.45, 7) is 7.30. The van der Waals surface area contributed by atoms with Crippen molar-refractivity contribution in [3.63, 3.8) is 0 Å². The van der Waals surface area contributed by atoms with Gasteiger partial charge in [-0.3, -0.25) is 0 Å². The molecule has 0 radical (unpaired) electrons. The average Bonchev–Trinajstić information content (AvgIpc) is 2.82. The topological polar surface area (TPSA) is 35.5 Å². The molecule has 0 aliphatic carbocycles. The van der Waals surface area contributed by atoms with E-state index in [1.165, 1.54) is 63.4 Å². The maximum Gasteiger partial charge on any atom is 0.343 e. The summed E-state index contributed by atoms with van der Waals surface area (Å²) in [6.07, 6.45) is 13.8. The summed E-state index contributed by atoms with van der Waals surface area (Å²) >= 11 is 0. The van der Waals surface area contributed by atoms with Gasteiger partial charge in [0.05, 0.1) is 11.7 Å². The molecule has 0 heterocycles. The van der Waals surface area contributed by atoms with Crippen molar-refractivity contribution in [1.82, 2.24) is 0 Å². The molecule has 0 N–H and O–H groups in total. The van der Waals surface area contributed by atoms with E-state index in [1.807, 2.05) is 48.5 Å². The molecule has 2 aromatic rings. The fourth-order valence-corrected chi connectivity index (χ4v) is 3.75. The Labute approximate surface area is 195 Å². The van der Waals surface area contributed by atoms with Gasteiger partial charge in [0.1, 0.15) is 5.75 Å². The number of unbranched alkanes of at least 4 members (excludes halogenated alkanes) is 8. The minimum atomic E-state index is -0.328. The van der Waals surface area contributed by atoms with E-state index in [4.69, 9.17) is 9.47 Å². The van der Waals surface area contributed by atoms with E-state index in [-0.39, 0.29) is 12.1 Å². The Kier molecular flexibility index (Phi) is 12.8. The van der Waals surface area contributed by atoms with Crippen LogP contribution >= 0.6 is 0 Å². The van der Waals surface area contributed by atoms with E-state index < -0.39 is 0 Å². The van der Waals surface area contributed by atoms with Gasteiger partial charge < -0.3 is 9.47 Å². The molecule has 0 amide bonds. The van der Waals surface area contributed by atoms with Crippen LogP contribution in [0.3, 0.4) is 0 Å². The number of ether oxygens (including phenoxy) is 2. The summed E-state index contributed by atoms with van der Waals surface area (Å²) in [5.41, 5.74) is 2.91. The third kappa shape index (κ3) is 9.99. The molecule has 3 nitrogen and oxygen atoms in total. The second-order valence-electron chi connectivity index (χ2n) is 8.75. The van der Waals surface area contributed by atoms with E-state index in [1.54, 1.807) is 0 Å². The van der Waals surface area contributed by atoms with Gasteiger partial charge >= 0.3 is 5.97 Å². The lowest BCUT2D eigenvalue weighted by Crippen LogP contribution is -2.09. The van der Waals surface area contributed by atoms with Crippen molar-refractivity contribution in [3.8, 4) is 5.75 Å². The van der Waals surface area contributed by atoms with Crippen LogP contribution in [0, 0.1) is 0 Å². The van der Waals surface area contributed by atoms with Crippen molar-refractivity contribution in [3.05, 3.63) is 65.2 Å². The largest absolute Gasteiger partial charge is 0.423 e. The van der Waals surface area contributed by atoms with Crippen molar-refractivity contribution in [2.24, 2.45) is 0 Å². The van der Waals surface area contributed by atoms with Gasteiger partial charge in [-0.15, -0.1) is 0 Å². The highest BCUT2D eigenvalue weighted by Gasteiger charge is 2.11. The van der Waals surface area contributed by atoms with E-state index in [2.05, 4.69) is 20.8 Å². The first-order valence-electron chi connectivity index (χ1n) is 12.7. The predicted octanol–water partition coefficient (Wildman–Crippen LogP) is 8.47. The molecule has 1 atom stereocenters. The van der Waals surface area contributed by atoms with Crippen molar-refractivity contribution in [2.45, 2.75) is 97.5 Å². The number of carbonyl (C=O) groups excluding carboxylic acids is 1. The van der Waals surface area contributed by atoms with Gasteiger partial charge in [0.15, 0.2) is 0 Å². The number of hydrogen-bond acceptors (Lipinski definition) is 3. The summed E-state index contributed by atoms with van der Waals surface area (Å²) in [6, 6.07) is 15.4. The minimum absolute atomic E-state index is 0.0280. The zero-order chi connectivity index (χ0) is 23.0. The van der Waals surface area contributed by atoms with Crippen LogP contribution in [0.4, 0.5) is 0 Å². The van der Waals surface area contributed by atoms with Gasteiger partial charge in [0.2, 0.25) is 0 Å². The van der Waals surface area contributed by atoms with Crippen LogP contribution in [0.1, 0.15) is 113 Å². The number of carbonyl (C=O) groups is 1. The van der Waals surface area contributed by atoms with E-state index in [0.717, 1.165) is 25.0 Å². The Morgan fingerprint density at radius 3 is 1.97 bits per heavy atom. The fourth-order valence-electron chi connectivity index (χ4n) is 3.75. The first kappa shape index (κ1) is 26.1. The molecule has 0 aliphatic heterocycles. The summed E-state index contributed by atoms with van der Waals surface area (Å²) in [5, 5.41) is 0. The molecule has 0 aliphatic rings. The number of benzene rings is 2. The maximum atomic E-state index is 12.5. The van der Waals surface area contributed by atoms with Crippen LogP contribution in [-0.2, 0) is 11.2 Å². The standard InChI is InChI=1S/C29H42O3/c1-4-6-8-9-10-11-12-13-23-31-24(3)26-17-19-27(20-18-26)29(30)32-28-21-15-25(16-22-28)14-7-5-2/h15-22,24H,4-14,23H2,1-3H3. The van der Waals surface area contributed by atoms with Gasteiger partial charge in [-0.05, 0) is 61.6 Å². The minimum Gasteiger partial charge on any atom is -0.423 e. The zero-order valence-corrected chi connectivity index (χ0v) is 20.4. The average molecular weight is 439 g/mol. The second kappa shape index (κ2) is 15.6. The molecule has 1 unspecified atom stereocenters. The van der Waals surface area contributed by atoms with E-state index in [0.29, 0.717) is 11.3 Å². The van der Waals surface area contributed by atoms with Crippen LogP contribution in [0.15, 0.2) is 48.5 Å². The fraction of sp³-hybridized carbons (Fsp3) is 0.552. The quantitative estimate of drug-likeness (QED) is 0.150. The molecular formula is C29H42O3. The highest BCUT2D eigenvalue weighted by atomic mass is 16.5. The Bertz CT molecular complexity index is 749. The molecule has 0 spiro atoms. The van der Waals surface area contributed by atoms with Gasteiger partial charge in [-0.2, -0.15) is 0 Å². The third-order valence-corrected chi connectivity index (χ3v) is 5.93. The molecule has 0 saturated heterocycles. The zero-order valence-electron chi connectivity index (χ0n) is 20.4. The smallest absolute Gasteiger partial charge is 0.343 e. The van der Waals surface area contributed by atoms with Gasteiger partial charge in [0.25, 0.3) is 0 Å². The Balaban J connectivity index is 1.69. The van der Waals surface area contributed by atoms with Crippen molar-refractivity contribution < 1.29 is 14.3 Å². The molecule has 0 bridgehead atoms. The predicted molar refractivity (Wildman–Crippen MR) is 133 cm³/mol. The van der Waals surface area contributed by atoms with Crippen LogP contribution in [-0.4, -0.2) is 12.6 Å². The molecule has 176 valence electrons. The van der Waals surface area contributed by atoms with Crippen LogP contribution in [0.2, 0.25) is 0 Å². The lowest BCUT2D eigenvalue weighted by Gasteiger charge is -2.14. The highest BCUT2D eigenvalue weighted by Crippen LogP contribution is 2.20. The van der Waals surface area contributed by atoms with Crippen molar-refractivity contribution in [2.75, 3.05) is 6.61 Å². The number of aryl methyl sites for hydroxylation is 1. The third-order valence-electron chi connectivity index (χ3n) is 5.93. The van der Waals surface area contributed by atoms with Crippen molar-refractivity contribution >= 4 is 5.97 Å². The molecule has 2 rings (SSSR count). The molecule has 0 aromatic heterocycles. The van der Waals surface area contributed by atoms with Crippen molar-refractivity contribution in [1.29, 1.82) is 0 Å². The lowest BCUT2D eigenvalue weighted by molar-refractivity contribution is 0.0626. The van der Waals surface area contributed by atoms with E-state index in [9.17, 15) is 4.79 Å². The van der Waals surface area contributed by atoms with Crippen LogP contribution in [0.25, 0.3) is 0 Å². The molecule has 32 heavy (non-hydrogen) atoms. The molecule has 0 saturated carbocycles. The first-order chi connectivity index (χ1) is 15.6. The molecule has 2 aromatic carbocycles. The number of hydrogen-bond donors (Lipinski definition) is 0. The highest BCUT2D eigenvalue weighted by molar-refractivity contribution is 5.91. The van der Waals surface area contributed by atoms with Crippen LogP contribution < -0.4 is 4.74 Å².